The summed E-state index contributed by atoms with van der Waals surface area (Å²) in [6, 6.07) is 0.499. The van der Waals surface area contributed by atoms with Crippen LogP contribution in [-0.4, -0.2) is 55.8 Å². The van der Waals surface area contributed by atoms with Gasteiger partial charge in [-0.2, -0.15) is 11.8 Å². The van der Waals surface area contributed by atoms with Crippen LogP contribution in [0.3, 0.4) is 0 Å². The molecule has 0 aliphatic carbocycles. The summed E-state index contributed by atoms with van der Waals surface area (Å²) >= 11 is 2.05. The molecule has 3 heterocycles. The third kappa shape index (κ3) is 4.14. The van der Waals surface area contributed by atoms with Gasteiger partial charge in [0.15, 0.2) is 6.29 Å². The number of hydrogen-bond donors (Lipinski definition) is 1. The maximum absolute atomic E-state index is 6.17. The molecule has 0 saturated carbocycles. The van der Waals surface area contributed by atoms with Gasteiger partial charge in [0.05, 0.1) is 18.8 Å². The van der Waals surface area contributed by atoms with Crippen molar-refractivity contribution in [3.05, 3.63) is 0 Å². The Hall–Kier alpha value is 0.190. The van der Waals surface area contributed by atoms with Crippen molar-refractivity contribution >= 4 is 11.8 Å². The Balaban J connectivity index is 1.60. The van der Waals surface area contributed by atoms with E-state index < -0.39 is 0 Å². The van der Waals surface area contributed by atoms with Crippen LogP contribution in [0.1, 0.15) is 39.0 Å². The third-order valence-corrected chi connectivity index (χ3v) is 6.18. The predicted octanol–water partition coefficient (Wildman–Crippen LogP) is 2.42. The smallest absolute Gasteiger partial charge is 0.159 e. The van der Waals surface area contributed by atoms with Gasteiger partial charge in [0.2, 0.25) is 0 Å². The first-order valence-electron chi connectivity index (χ1n) is 8.50. The molecule has 0 aromatic rings. The second kappa shape index (κ2) is 7.64. The average molecular weight is 315 g/mol. The Morgan fingerprint density at radius 3 is 2.86 bits per heavy atom. The summed E-state index contributed by atoms with van der Waals surface area (Å²) < 4.78 is 17.5. The Bertz CT molecular complexity index is 317. The third-order valence-electron chi connectivity index (χ3n) is 4.96. The fraction of sp³-hybridized carbons (Fsp3) is 1.00. The van der Waals surface area contributed by atoms with Gasteiger partial charge in [-0.15, -0.1) is 0 Å². The molecule has 5 heteroatoms. The van der Waals surface area contributed by atoms with Gasteiger partial charge in [0, 0.05) is 24.8 Å². The number of rotatable bonds is 6. The van der Waals surface area contributed by atoms with Crippen LogP contribution >= 0.6 is 11.8 Å². The Kier molecular flexibility index (Phi) is 5.85. The molecule has 1 N–H and O–H groups in total. The molecule has 3 saturated heterocycles. The molecule has 0 amide bonds. The molecule has 0 bridgehead atoms. The van der Waals surface area contributed by atoms with Gasteiger partial charge in [0.25, 0.3) is 0 Å². The van der Waals surface area contributed by atoms with Crippen molar-refractivity contribution in [2.24, 2.45) is 5.92 Å². The normalized spacial score (nSPS) is 35.6. The zero-order valence-corrected chi connectivity index (χ0v) is 14.0. The van der Waals surface area contributed by atoms with Gasteiger partial charge in [-0.05, 0) is 43.9 Å². The Morgan fingerprint density at radius 2 is 2.14 bits per heavy atom. The molecule has 3 fully saturated rings. The van der Waals surface area contributed by atoms with Gasteiger partial charge in [0.1, 0.15) is 0 Å². The summed E-state index contributed by atoms with van der Waals surface area (Å²) in [6.07, 6.45) is 5.75. The van der Waals surface area contributed by atoms with Crippen molar-refractivity contribution in [1.82, 2.24) is 5.32 Å². The predicted molar refractivity (Wildman–Crippen MR) is 85.7 cm³/mol. The van der Waals surface area contributed by atoms with Gasteiger partial charge in [-0.1, -0.05) is 6.92 Å². The van der Waals surface area contributed by atoms with Crippen molar-refractivity contribution in [3.8, 4) is 0 Å². The van der Waals surface area contributed by atoms with E-state index >= 15 is 0 Å². The van der Waals surface area contributed by atoms with Gasteiger partial charge < -0.3 is 19.5 Å². The minimum atomic E-state index is -0.00361. The Labute approximate surface area is 132 Å². The van der Waals surface area contributed by atoms with Crippen LogP contribution in [0, 0.1) is 5.92 Å². The molecule has 3 unspecified atom stereocenters. The molecule has 122 valence electrons. The first-order chi connectivity index (χ1) is 10.3. The number of ether oxygens (including phenoxy) is 3. The van der Waals surface area contributed by atoms with Crippen molar-refractivity contribution in [2.45, 2.75) is 57.0 Å². The summed E-state index contributed by atoms with van der Waals surface area (Å²) in [4.78, 5) is 0. The minimum Gasteiger partial charge on any atom is -0.374 e. The highest BCUT2D eigenvalue weighted by Crippen LogP contribution is 2.41. The average Bonchev–Trinajstić information content (AvgIpc) is 3.16. The zero-order valence-electron chi connectivity index (χ0n) is 13.1. The van der Waals surface area contributed by atoms with Crippen LogP contribution < -0.4 is 5.32 Å². The van der Waals surface area contributed by atoms with Gasteiger partial charge in [-0.25, -0.2) is 0 Å². The molecule has 1 spiro atoms. The summed E-state index contributed by atoms with van der Waals surface area (Å²) in [5, 5.41) is 3.75. The zero-order chi connectivity index (χ0) is 14.5. The second-order valence-corrected chi connectivity index (χ2v) is 7.66. The molecule has 3 aliphatic heterocycles. The highest BCUT2D eigenvalue weighted by molar-refractivity contribution is 7.99. The van der Waals surface area contributed by atoms with Gasteiger partial charge in [-0.3, -0.25) is 0 Å². The molecule has 21 heavy (non-hydrogen) atoms. The largest absolute Gasteiger partial charge is 0.374 e. The number of nitrogens with one attached hydrogen (secondary N) is 1. The van der Waals surface area contributed by atoms with Crippen LogP contribution in [0.15, 0.2) is 0 Å². The monoisotopic (exact) mass is 315 g/mol. The lowest BCUT2D eigenvalue weighted by Gasteiger charge is -2.41. The maximum atomic E-state index is 6.17. The lowest BCUT2D eigenvalue weighted by atomic mass is 9.80. The van der Waals surface area contributed by atoms with Crippen LogP contribution in [-0.2, 0) is 14.2 Å². The molecular weight excluding hydrogens is 286 g/mol. The summed E-state index contributed by atoms with van der Waals surface area (Å²) in [5.74, 6) is 3.13. The second-order valence-electron chi connectivity index (χ2n) is 6.55. The summed E-state index contributed by atoms with van der Waals surface area (Å²) in [5.41, 5.74) is 0.164. The van der Waals surface area contributed by atoms with E-state index in [9.17, 15) is 0 Å². The highest BCUT2D eigenvalue weighted by atomic mass is 32.2. The van der Waals surface area contributed by atoms with Crippen LogP contribution in [0.5, 0.6) is 0 Å². The summed E-state index contributed by atoms with van der Waals surface area (Å²) in [7, 11) is 0. The molecule has 0 aromatic carbocycles. The van der Waals surface area contributed by atoms with Crippen LogP contribution in [0.25, 0.3) is 0 Å². The van der Waals surface area contributed by atoms with E-state index in [0.717, 1.165) is 32.8 Å². The molecule has 0 aromatic heterocycles. The number of thioether (sulfide) groups is 1. The van der Waals surface area contributed by atoms with Crippen molar-refractivity contribution in [1.29, 1.82) is 0 Å². The van der Waals surface area contributed by atoms with E-state index in [-0.39, 0.29) is 11.9 Å². The van der Waals surface area contributed by atoms with E-state index in [1.54, 1.807) is 0 Å². The lowest BCUT2D eigenvalue weighted by Crippen LogP contribution is -2.48. The van der Waals surface area contributed by atoms with E-state index in [1.807, 2.05) is 11.8 Å². The maximum Gasteiger partial charge on any atom is 0.159 e. The minimum absolute atomic E-state index is 0.00361. The fourth-order valence-electron chi connectivity index (χ4n) is 3.80. The van der Waals surface area contributed by atoms with E-state index in [1.165, 1.54) is 37.2 Å². The van der Waals surface area contributed by atoms with E-state index in [2.05, 4.69) is 12.2 Å². The molecule has 0 radical (unpaired) electrons. The number of hydrogen-bond acceptors (Lipinski definition) is 5. The SMILES string of the molecule is CCCNC(CC1OCCO1)C1CCOC2(CCSC2)C1. The molecule has 3 rings (SSSR count). The highest BCUT2D eigenvalue weighted by Gasteiger charge is 2.42. The standard InChI is InChI=1S/C16H29NO3S/c1-2-5-17-14(10-15-18-7-8-19-15)13-3-6-20-16(11-13)4-9-21-12-16/h13-15,17H,2-12H2,1H3. The van der Waals surface area contributed by atoms with E-state index in [4.69, 9.17) is 14.2 Å². The van der Waals surface area contributed by atoms with Crippen LogP contribution in [0.2, 0.25) is 0 Å². The lowest BCUT2D eigenvalue weighted by molar-refractivity contribution is -0.0977. The Morgan fingerprint density at radius 1 is 1.29 bits per heavy atom. The van der Waals surface area contributed by atoms with Crippen molar-refractivity contribution in [3.63, 3.8) is 0 Å². The molecule has 3 atom stereocenters. The molecule has 4 nitrogen and oxygen atoms in total. The van der Waals surface area contributed by atoms with Crippen molar-refractivity contribution < 1.29 is 14.2 Å². The molecule has 3 aliphatic rings. The fourth-order valence-corrected chi connectivity index (χ4v) is 5.17. The van der Waals surface area contributed by atoms with E-state index in [0.29, 0.717) is 12.0 Å². The summed E-state index contributed by atoms with van der Waals surface area (Å²) in [6.45, 7) is 5.73. The molecular formula is C16H29NO3S. The van der Waals surface area contributed by atoms with Crippen molar-refractivity contribution in [2.75, 3.05) is 37.9 Å². The topological polar surface area (TPSA) is 39.7 Å². The quantitative estimate of drug-likeness (QED) is 0.815. The van der Waals surface area contributed by atoms with Gasteiger partial charge >= 0.3 is 0 Å². The first kappa shape index (κ1) is 16.1. The van der Waals surface area contributed by atoms with Crippen LogP contribution in [0.4, 0.5) is 0 Å². The first-order valence-corrected chi connectivity index (χ1v) is 9.65.